The Kier molecular flexibility index (Phi) is 8.70. The third-order valence-corrected chi connectivity index (χ3v) is 4.38. The second-order valence-corrected chi connectivity index (χ2v) is 6.41. The monoisotopic (exact) mass is 343 g/mol. The number of likely N-dealkylation sites (tertiary alicyclic amines) is 1. The Morgan fingerprint density at radius 2 is 1.83 bits per heavy atom. The predicted octanol–water partition coefficient (Wildman–Crippen LogP) is -0.265. The molecule has 0 aliphatic carbocycles. The molecule has 2 aliphatic heterocycles. The Morgan fingerprint density at radius 3 is 2.33 bits per heavy atom. The van der Waals surface area contributed by atoms with Gasteiger partial charge in [0.1, 0.15) is 0 Å². The van der Waals surface area contributed by atoms with Gasteiger partial charge in [-0.2, -0.15) is 0 Å². The Bertz CT molecular complexity index is 422. The van der Waals surface area contributed by atoms with E-state index in [2.05, 4.69) is 4.90 Å². The zero-order valence-corrected chi connectivity index (χ0v) is 14.8. The molecule has 2 rings (SSSR count). The molecular weight excluding hydrogens is 314 g/mol. The number of piperidine rings is 1. The molecule has 1 N–H and O–H groups in total. The maximum Gasteiger partial charge on any atom is 0.290 e. The SMILES string of the molecule is CC(=O)N1CCC(C(=O)N2CCOCC2CN(C)C)CC1.O=CO. The summed E-state index contributed by atoms with van der Waals surface area (Å²) in [5.74, 6) is 0.412. The molecule has 0 aromatic rings. The van der Waals surface area contributed by atoms with Crippen LogP contribution in [0.1, 0.15) is 19.8 Å². The van der Waals surface area contributed by atoms with Crippen LogP contribution in [0.3, 0.4) is 0 Å². The Balaban J connectivity index is 0.000000891. The molecule has 2 amide bonds. The quantitative estimate of drug-likeness (QED) is 0.710. The number of ether oxygens (including phenoxy) is 1. The molecule has 0 aromatic heterocycles. The number of carbonyl (C=O) groups excluding carboxylic acids is 2. The van der Waals surface area contributed by atoms with E-state index in [0.717, 1.165) is 19.4 Å². The maximum atomic E-state index is 12.8. The van der Waals surface area contributed by atoms with Crippen LogP contribution in [0, 0.1) is 5.92 Å². The summed E-state index contributed by atoms with van der Waals surface area (Å²) >= 11 is 0. The highest BCUT2D eigenvalue weighted by atomic mass is 16.5. The lowest BCUT2D eigenvalue weighted by Crippen LogP contribution is -2.55. The van der Waals surface area contributed by atoms with Crippen LogP contribution < -0.4 is 0 Å². The summed E-state index contributed by atoms with van der Waals surface area (Å²) in [6.07, 6.45) is 1.56. The zero-order valence-electron chi connectivity index (χ0n) is 14.8. The first-order chi connectivity index (χ1) is 11.4. The lowest BCUT2D eigenvalue weighted by atomic mass is 9.94. The van der Waals surface area contributed by atoms with E-state index in [1.54, 1.807) is 6.92 Å². The molecule has 1 unspecified atom stereocenters. The van der Waals surface area contributed by atoms with Crippen LogP contribution in [0.2, 0.25) is 0 Å². The van der Waals surface area contributed by atoms with E-state index < -0.39 is 0 Å². The van der Waals surface area contributed by atoms with Crippen molar-refractivity contribution in [3.05, 3.63) is 0 Å². The average molecular weight is 343 g/mol. The second-order valence-electron chi connectivity index (χ2n) is 6.41. The van der Waals surface area contributed by atoms with Crippen molar-refractivity contribution >= 4 is 18.3 Å². The summed E-state index contributed by atoms with van der Waals surface area (Å²) in [4.78, 5) is 38.4. The first kappa shape index (κ1) is 20.4. The molecule has 0 radical (unpaired) electrons. The van der Waals surface area contributed by atoms with E-state index in [1.165, 1.54) is 0 Å². The number of morpholine rings is 1. The fraction of sp³-hybridized carbons (Fsp3) is 0.812. The number of nitrogens with zero attached hydrogens (tertiary/aromatic N) is 3. The van der Waals surface area contributed by atoms with Crippen molar-refractivity contribution in [1.82, 2.24) is 14.7 Å². The molecule has 2 aliphatic rings. The Morgan fingerprint density at radius 1 is 1.25 bits per heavy atom. The summed E-state index contributed by atoms with van der Waals surface area (Å²) in [7, 11) is 4.03. The van der Waals surface area contributed by atoms with Crippen molar-refractivity contribution in [2.24, 2.45) is 5.92 Å². The Hall–Kier alpha value is -1.67. The van der Waals surface area contributed by atoms with E-state index in [4.69, 9.17) is 14.6 Å². The third-order valence-electron chi connectivity index (χ3n) is 4.38. The number of carbonyl (C=O) groups is 3. The fourth-order valence-electron chi connectivity index (χ4n) is 3.19. The molecule has 0 bridgehead atoms. The molecule has 2 saturated heterocycles. The van der Waals surface area contributed by atoms with Gasteiger partial charge < -0.3 is 24.5 Å². The minimum atomic E-state index is -0.250. The van der Waals surface area contributed by atoms with Crippen molar-refractivity contribution in [2.75, 3.05) is 53.5 Å². The molecule has 1 atom stereocenters. The van der Waals surface area contributed by atoms with Crippen LogP contribution in [0.5, 0.6) is 0 Å². The summed E-state index contributed by atoms with van der Waals surface area (Å²) in [5, 5.41) is 6.89. The van der Waals surface area contributed by atoms with Crippen molar-refractivity contribution in [3.63, 3.8) is 0 Å². The number of hydrogen-bond acceptors (Lipinski definition) is 5. The molecule has 2 fully saturated rings. The van der Waals surface area contributed by atoms with Crippen LogP contribution in [-0.4, -0.2) is 97.6 Å². The minimum Gasteiger partial charge on any atom is -0.483 e. The molecule has 0 spiro atoms. The number of likely N-dealkylation sites (N-methyl/N-ethyl adjacent to an activating group) is 1. The molecule has 24 heavy (non-hydrogen) atoms. The van der Waals surface area contributed by atoms with Crippen molar-refractivity contribution in [2.45, 2.75) is 25.8 Å². The van der Waals surface area contributed by atoms with Gasteiger partial charge >= 0.3 is 0 Å². The van der Waals surface area contributed by atoms with Crippen LogP contribution in [0.4, 0.5) is 0 Å². The van der Waals surface area contributed by atoms with Crippen LogP contribution in [-0.2, 0) is 19.1 Å². The van der Waals surface area contributed by atoms with Gasteiger partial charge in [-0.25, -0.2) is 0 Å². The number of rotatable bonds is 3. The fourth-order valence-corrected chi connectivity index (χ4v) is 3.19. The summed E-state index contributed by atoms with van der Waals surface area (Å²) in [6.45, 7) is 5.51. The van der Waals surface area contributed by atoms with Crippen LogP contribution in [0.15, 0.2) is 0 Å². The zero-order chi connectivity index (χ0) is 18.1. The van der Waals surface area contributed by atoms with Crippen molar-refractivity contribution in [1.29, 1.82) is 0 Å². The summed E-state index contributed by atoms with van der Waals surface area (Å²) in [6, 6.07) is 0.145. The highest BCUT2D eigenvalue weighted by Gasteiger charge is 2.34. The standard InChI is InChI=1S/C15H27N3O3.CH2O2/c1-12(19)17-6-4-13(5-7-17)15(20)18-8-9-21-11-14(18)10-16(2)3;2-1-3/h13-14H,4-11H2,1-3H3;1H,(H,2,3). The highest BCUT2D eigenvalue weighted by Crippen LogP contribution is 2.22. The Labute approximate surface area is 143 Å². The molecule has 2 heterocycles. The largest absolute Gasteiger partial charge is 0.483 e. The van der Waals surface area contributed by atoms with Gasteiger partial charge in [-0.3, -0.25) is 14.4 Å². The van der Waals surface area contributed by atoms with Gasteiger partial charge in [-0.15, -0.1) is 0 Å². The highest BCUT2D eigenvalue weighted by molar-refractivity contribution is 5.80. The van der Waals surface area contributed by atoms with Gasteiger partial charge in [0.2, 0.25) is 11.8 Å². The van der Waals surface area contributed by atoms with Gasteiger partial charge in [0.15, 0.2) is 0 Å². The predicted molar refractivity (Wildman–Crippen MR) is 88.5 cm³/mol. The normalized spacial score (nSPS) is 21.9. The lowest BCUT2D eigenvalue weighted by Gasteiger charge is -2.40. The van der Waals surface area contributed by atoms with Gasteiger partial charge in [0.05, 0.1) is 19.3 Å². The topological polar surface area (TPSA) is 90.4 Å². The number of amides is 2. The van der Waals surface area contributed by atoms with E-state index in [0.29, 0.717) is 32.8 Å². The van der Waals surface area contributed by atoms with E-state index in [1.807, 2.05) is 23.9 Å². The molecule has 0 aromatic carbocycles. The van der Waals surface area contributed by atoms with Crippen LogP contribution in [0.25, 0.3) is 0 Å². The first-order valence-corrected chi connectivity index (χ1v) is 8.27. The lowest BCUT2D eigenvalue weighted by molar-refractivity contribution is -0.147. The molecule has 8 nitrogen and oxygen atoms in total. The molecule has 8 heteroatoms. The summed E-state index contributed by atoms with van der Waals surface area (Å²) < 4.78 is 5.53. The van der Waals surface area contributed by atoms with Gasteiger partial charge in [0.25, 0.3) is 6.47 Å². The smallest absolute Gasteiger partial charge is 0.290 e. The molecular formula is C16H29N3O5. The van der Waals surface area contributed by atoms with Gasteiger partial charge in [-0.05, 0) is 26.9 Å². The first-order valence-electron chi connectivity index (χ1n) is 8.27. The second kappa shape index (κ2) is 10.2. The van der Waals surface area contributed by atoms with E-state index in [-0.39, 0.29) is 30.2 Å². The number of carboxylic acid groups (broad SMARTS) is 1. The number of hydrogen-bond donors (Lipinski definition) is 1. The van der Waals surface area contributed by atoms with Crippen molar-refractivity contribution < 1.29 is 24.2 Å². The third kappa shape index (κ3) is 6.09. The average Bonchev–Trinajstić information content (AvgIpc) is 2.55. The van der Waals surface area contributed by atoms with Crippen molar-refractivity contribution in [3.8, 4) is 0 Å². The van der Waals surface area contributed by atoms with Gasteiger partial charge in [-0.1, -0.05) is 0 Å². The van der Waals surface area contributed by atoms with Gasteiger partial charge in [0, 0.05) is 39.0 Å². The maximum absolute atomic E-state index is 12.8. The van der Waals surface area contributed by atoms with Crippen LogP contribution >= 0.6 is 0 Å². The van der Waals surface area contributed by atoms with E-state index in [9.17, 15) is 9.59 Å². The molecule has 0 saturated carbocycles. The minimum absolute atomic E-state index is 0.0587. The summed E-state index contributed by atoms with van der Waals surface area (Å²) in [5.41, 5.74) is 0. The van der Waals surface area contributed by atoms with E-state index >= 15 is 0 Å². The molecule has 138 valence electrons.